The van der Waals surface area contributed by atoms with Crippen LogP contribution >= 0.6 is 11.6 Å². The van der Waals surface area contributed by atoms with E-state index in [2.05, 4.69) is 20.0 Å². The van der Waals surface area contributed by atoms with Crippen LogP contribution in [-0.2, 0) is 21.4 Å². The topological polar surface area (TPSA) is 132 Å². The van der Waals surface area contributed by atoms with Gasteiger partial charge in [0.1, 0.15) is 10.6 Å². The van der Waals surface area contributed by atoms with Crippen LogP contribution in [0.1, 0.15) is 12.5 Å². The molecule has 2 heterocycles. The zero-order valence-electron chi connectivity index (χ0n) is 21.1. The van der Waals surface area contributed by atoms with Gasteiger partial charge in [-0.25, -0.2) is 18.4 Å². The summed E-state index contributed by atoms with van der Waals surface area (Å²) < 4.78 is 35.5. The molecule has 0 bridgehead atoms. The predicted octanol–water partition coefficient (Wildman–Crippen LogP) is 3.61. The fourth-order valence-corrected chi connectivity index (χ4v) is 5.59. The van der Waals surface area contributed by atoms with E-state index in [-0.39, 0.29) is 39.5 Å². The molecule has 2 aromatic carbocycles. The largest absolute Gasteiger partial charge is 0.480 e. The van der Waals surface area contributed by atoms with E-state index in [9.17, 15) is 18.0 Å². The number of fused-ring (bicyclic) bond motifs is 1. The number of nitrogens with zero attached hydrogens (tertiary/aromatic N) is 3. The fourth-order valence-electron chi connectivity index (χ4n) is 3.96. The van der Waals surface area contributed by atoms with Crippen molar-refractivity contribution in [3.63, 3.8) is 0 Å². The van der Waals surface area contributed by atoms with Gasteiger partial charge >= 0.3 is 0 Å². The Morgan fingerprint density at radius 1 is 1.13 bits per heavy atom. The third-order valence-corrected chi connectivity index (χ3v) is 7.83. The zero-order valence-corrected chi connectivity index (χ0v) is 22.7. The Balaban J connectivity index is 1.74. The molecule has 2 aromatic heterocycles. The number of sulfonamides is 1. The van der Waals surface area contributed by atoms with Crippen molar-refractivity contribution in [3.8, 4) is 17.0 Å². The molecule has 0 radical (unpaired) electrons. The van der Waals surface area contributed by atoms with E-state index in [1.54, 1.807) is 51.2 Å². The molecule has 0 aliphatic rings. The minimum atomic E-state index is -4.06. The molecule has 0 aliphatic carbocycles. The highest BCUT2D eigenvalue weighted by atomic mass is 35.5. The number of aryl methyl sites for hydroxylation is 1. The lowest BCUT2D eigenvalue weighted by Crippen LogP contribution is -2.32. The first kappa shape index (κ1) is 27.1. The number of amides is 1. The molecule has 198 valence electrons. The molecule has 0 fully saturated rings. The molecule has 1 atom stereocenters. The Morgan fingerprint density at radius 2 is 1.89 bits per heavy atom. The summed E-state index contributed by atoms with van der Waals surface area (Å²) in [4.78, 5) is 33.6. The van der Waals surface area contributed by atoms with Crippen molar-refractivity contribution < 1.29 is 17.9 Å². The van der Waals surface area contributed by atoms with Gasteiger partial charge in [0.2, 0.25) is 11.8 Å². The van der Waals surface area contributed by atoms with Crippen molar-refractivity contribution in [2.24, 2.45) is 5.92 Å². The van der Waals surface area contributed by atoms with Crippen LogP contribution in [0.4, 0.5) is 5.69 Å². The minimum Gasteiger partial charge on any atom is -0.480 e. The first-order valence-electron chi connectivity index (χ1n) is 11.6. The Morgan fingerprint density at radius 3 is 2.61 bits per heavy atom. The molecule has 0 unspecified atom stereocenters. The molecule has 1 amide bonds. The number of nitrogens with one attached hydrogen (secondary N) is 2. The summed E-state index contributed by atoms with van der Waals surface area (Å²) in [6.45, 7) is 3.66. The maximum Gasteiger partial charge on any atom is 0.263 e. The summed E-state index contributed by atoms with van der Waals surface area (Å²) in [6.07, 6.45) is 2.93. The van der Waals surface area contributed by atoms with Gasteiger partial charge < -0.3 is 10.1 Å². The van der Waals surface area contributed by atoms with E-state index < -0.39 is 15.9 Å². The summed E-state index contributed by atoms with van der Waals surface area (Å²) in [7, 11) is -1.14. The molecular weight excluding hydrogens is 530 g/mol. The molecule has 0 saturated carbocycles. The van der Waals surface area contributed by atoms with E-state index in [0.717, 1.165) is 5.56 Å². The van der Waals surface area contributed by atoms with Gasteiger partial charge in [0.25, 0.3) is 15.6 Å². The van der Waals surface area contributed by atoms with Crippen LogP contribution < -0.4 is 20.3 Å². The zero-order chi connectivity index (χ0) is 27.6. The molecule has 10 nitrogen and oxygen atoms in total. The summed E-state index contributed by atoms with van der Waals surface area (Å²) in [5, 5.41) is 3.00. The smallest absolute Gasteiger partial charge is 0.263 e. The van der Waals surface area contributed by atoms with E-state index in [1.165, 1.54) is 36.3 Å². The Hall–Kier alpha value is -3.96. The number of aromatic nitrogens is 3. The van der Waals surface area contributed by atoms with Crippen molar-refractivity contribution in [1.29, 1.82) is 0 Å². The van der Waals surface area contributed by atoms with Crippen molar-refractivity contribution in [2.45, 2.75) is 25.3 Å². The summed E-state index contributed by atoms with van der Waals surface area (Å²) in [6, 6.07) is 11.4. The number of hydrogen-bond acceptors (Lipinski definition) is 7. The average molecular weight is 556 g/mol. The number of halogens is 1. The van der Waals surface area contributed by atoms with Gasteiger partial charge in [0.05, 0.1) is 35.3 Å². The van der Waals surface area contributed by atoms with Crippen molar-refractivity contribution >= 4 is 44.1 Å². The molecule has 2 N–H and O–H groups in total. The second kappa shape index (κ2) is 10.8. The van der Waals surface area contributed by atoms with Gasteiger partial charge in [-0.2, -0.15) is 0 Å². The highest BCUT2D eigenvalue weighted by Crippen LogP contribution is 2.32. The second-order valence-electron chi connectivity index (χ2n) is 8.77. The van der Waals surface area contributed by atoms with Crippen LogP contribution in [-0.4, -0.2) is 43.0 Å². The number of pyridine rings is 1. The number of carbonyl (C=O) groups is 1. The molecule has 0 saturated heterocycles. The Kier molecular flexibility index (Phi) is 7.70. The summed E-state index contributed by atoms with van der Waals surface area (Å²) >= 11 is 6.16. The van der Waals surface area contributed by atoms with Crippen LogP contribution in [0.25, 0.3) is 22.0 Å². The molecule has 4 rings (SSSR count). The minimum absolute atomic E-state index is 0.0640. The SMILES string of the molecule is CNC(=O)[C@@H](C)Cn1cnc2ccc(-c3cnc(OC)c(NS(=O)(=O)c4cc(C)ccc4Cl)c3)cc2c1=O. The van der Waals surface area contributed by atoms with Crippen LogP contribution in [0.5, 0.6) is 5.88 Å². The number of rotatable bonds is 8. The lowest BCUT2D eigenvalue weighted by Gasteiger charge is -2.14. The molecule has 38 heavy (non-hydrogen) atoms. The van der Waals surface area contributed by atoms with E-state index in [1.807, 2.05) is 0 Å². The number of carbonyl (C=O) groups excluding carboxylic acids is 1. The Bertz CT molecular complexity index is 1700. The lowest BCUT2D eigenvalue weighted by molar-refractivity contribution is -0.124. The van der Waals surface area contributed by atoms with Crippen LogP contribution in [0, 0.1) is 12.8 Å². The summed E-state index contributed by atoms with van der Waals surface area (Å²) in [5.41, 5.74) is 2.16. The van der Waals surface area contributed by atoms with Gasteiger partial charge in [-0.1, -0.05) is 30.7 Å². The molecule has 12 heteroatoms. The summed E-state index contributed by atoms with van der Waals surface area (Å²) in [5.74, 6) is -0.547. The van der Waals surface area contributed by atoms with Crippen LogP contribution in [0.2, 0.25) is 5.02 Å². The number of methoxy groups -OCH3 is 1. The van der Waals surface area contributed by atoms with Crippen molar-refractivity contribution in [2.75, 3.05) is 18.9 Å². The third kappa shape index (κ3) is 5.48. The lowest BCUT2D eigenvalue weighted by atomic mass is 10.0. The maximum atomic E-state index is 13.2. The van der Waals surface area contributed by atoms with Gasteiger partial charge in [-0.05, 0) is 48.4 Å². The van der Waals surface area contributed by atoms with Crippen LogP contribution in [0.15, 0.2) is 64.7 Å². The number of ether oxygens (including phenoxy) is 1. The average Bonchev–Trinajstić information content (AvgIpc) is 2.90. The maximum absolute atomic E-state index is 13.2. The molecule has 0 aliphatic heterocycles. The van der Waals surface area contributed by atoms with E-state index in [4.69, 9.17) is 16.3 Å². The van der Waals surface area contributed by atoms with Gasteiger partial charge in [-0.3, -0.25) is 18.9 Å². The number of hydrogen-bond donors (Lipinski definition) is 2. The van der Waals surface area contributed by atoms with Gasteiger partial charge in [0, 0.05) is 25.4 Å². The fraction of sp³-hybridized carbons (Fsp3) is 0.231. The molecule has 4 aromatic rings. The monoisotopic (exact) mass is 555 g/mol. The van der Waals surface area contributed by atoms with Gasteiger partial charge in [0.15, 0.2) is 0 Å². The molecule has 0 spiro atoms. The normalized spacial score (nSPS) is 12.2. The Labute approximate surface area is 224 Å². The predicted molar refractivity (Wildman–Crippen MR) is 146 cm³/mol. The van der Waals surface area contributed by atoms with Crippen molar-refractivity contribution in [3.05, 3.63) is 75.9 Å². The first-order valence-corrected chi connectivity index (χ1v) is 13.4. The second-order valence-corrected chi connectivity index (χ2v) is 10.8. The van der Waals surface area contributed by atoms with Gasteiger partial charge in [-0.15, -0.1) is 0 Å². The standard InChI is InChI=1S/C26H26ClN5O5S/c1-15-5-7-20(27)23(9-15)38(35,36)31-22-11-18(12-29-25(22)37-4)17-6-8-21-19(10-17)26(34)32(14-30-21)13-16(2)24(33)28-3/h5-12,14,16,31H,13H2,1-4H3,(H,28,33)/t16-/m0/s1. The van der Waals surface area contributed by atoms with E-state index in [0.29, 0.717) is 22.0 Å². The van der Waals surface area contributed by atoms with Crippen molar-refractivity contribution in [1.82, 2.24) is 19.9 Å². The highest BCUT2D eigenvalue weighted by molar-refractivity contribution is 7.92. The number of anilines is 1. The van der Waals surface area contributed by atoms with E-state index >= 15 is 0 Å². The highest BCUT2D eigenvalue weighted by Gasteiger charge is 2.21. The quantitative estimate of drug-likeness (QED) is 0.339. The van der Waals surface area contributed by atoms with Crippen LogP contribution in [0.3, 0.4) is 0 Å². The first-order chi connectivity index (χ1) is 18.0. The number of benzene rings is 2. The molecular formula is C26H26ClN5O5S. The third-order valence-electron chi connectivity index (χ3n) is 5.99.